The van der Waals surface area contributed by atoms with Crippen LogP contribution in [0.25, 0.3) is 12.2 Å². The second-order valence-electron chi connectivity index (χ2n) is 3.73. The van der Waals surface area contributed by atoms with Crippen LogP contribution in [0.3, 0.4) is 0 Å². The Labute approximate surface area is 100 Å². The monoisotopic (exact) mass is 223 g/mol. The van der Waals surface area contributed by atoms with Crippen molar-refractivity contribution in [2.24, 2.45) is 5.73 Å². The smallest absolute Gasteiger partial charge is 0.248 e. The third-order valence-corrected chi connectivity index (χ3v) is 2.46. The molecule has 2 nitrogen and oxygen atoms in total. The summed E-state index contributed by atoms with van der Waals surface area (Å²) in [4.78, 5) is 10.9. The molecule has 2 rings (SSSR count). The molecular weight excluding hydrogens is 210 g/mol. The highest BCUT2D eigenvalue weighted by atomic mass is 16.1. The molecule has 0 saturated heterocycles. The van der Waals surface area contributed by atoms with E-state index >= 15 is 0 Å². The van der Waals surface area contributed by atoms with Gasteiger partial charge in [-0.25, -0.2) is 0 Å². The molecule has 0 bridgehead atoms. The molecule has 0 aliphatic heterocycles. The van der Waals surface area contributed by atoms with Crippen molar-refractivity contribution >= 4 is 18.1 Å². The predicted octanol–water partition coefficient (Wildman–Crippen LogP) is 2.96. The zero-order chi connectivity index (χ0) is 12.1. The lowest BCUT2D eigenvalue weighted by molar-refractivity contribution is 0.100. The van der Waals surface area contributed by atoms with Crippen LogP contribution in [0.1, 0.15) is 21.5 Å². The van der Waals surface area contributed by atoms with E-state index in [4.69, 9.17) is 5.73 Å². The van der Waals surface area contributed by atoms with Gasteiger partial charge in [0.25, 0.3) is 0 Å². The third kappa shape index (κ3) is 3.05. The van der Waals surface area contributed by atoms with Crippen molar-refractivity contribution in [2.75, 3.05) is 0 Å². The van der Waals surface area contributed by atoms with Crippen molar-refractivity contribution in [3.63, 3.8) is 0 Å². The van der Waals surface area contributed by atoms with Gasteiger partial charge in [0.2, 0.25) is 5.91 Å². The molecule has 0 atom stereocenters. The standard InChI is InChI=1S/C15H13NO/c16-15(17)14-10-8-13(9-11-14)7-6-12-4-2-1-3-5-12/h1-11H,(H2,16,17)/b7-6+. The molecular formula is C15H13NO. The third-order valence-electron chi connectivity index (χ3n) is 2.46. The fraction of sp³-hybridized carbons (Fsp3) is 0. The van der Waals surface area contributed by atoms with E-state index in [2.05, 4.69) is 0 Å². The number of amides is 1. The Balaban J connectivity index is 2.14. The van der Waals surface area contributed by atoms with Gasteiger partial charge in [-0.15, -0.1) is 0 Å². The van der Waals surface area contributed by atoms with Gasteiger partial charge in [-0.2, -0.15) is 0 Å². The highest BCUT2D eigenvalue weighted by Gasteiger charge is 1.97. The van der Waals surface area contributed by atoms with Crippen LogP contribution in [0.4, 0.5) is 0 Å². The maximum atomic E-state index is 10.9. The summed E-state index contributed by atoms with van der Waals surface area (Å²) in [6.45, 7) is 0. The number of nitrogens with two attached hydrogens (primary N) is 1. The van der Waals surface area contributed by atoms with E-state index in [0.717, 1.165) is 11.1 Å². The van der Waals surface area contributed by atoms with Crippen LogP contribution in [-0.4, -0.2) is 5.91 Å². The molecule has 2 N–H and O–H groups in total. The van der Waals surface area contributed by atoms with Gasteiger partial charge in [-0.1, -0.05) is 54.6 Å². The average molecular weight is 223 g/mol. The Morgan fingerprint density at radius 3 is 1.88 bits per heavy atom. The van der Waals surface area contributed by atoms with Crippen LogP contribution >= 0.6 is 0 Å². The molecule has 0 aliphatic carbocycles. The minimum absolute atomic E-state index is 0.399. The predicted molar refractivity (Wildman–Crippen MR) is 70.3 cm³/mol. The summed E-state index contributed by atoms with van der Waals surface area (Å²) < 4.78 is 0. The van der Waals surface area contributed by atoms with Crippen molar-refractivity contribution in [1.29, 1.82) is 0 Å². The first kappa shape index (κ1) is 11.1. The zero-order valence-electron chi connectivity index (χ0n) is 9.34. The largest absolute Gasteiger partial charge is 0.366 e. The van der Waals surface area contributed by atoms with E-state index < -0.39 is 5.91 Å². The lowest BCUT2D eigenvalue weighted by Gasteiger charge is -1.97. The molecule has 0 saturated carbocycles. The summed E-state index contributed by atoms with van der Waals surface area (Å²) in [6, 6.07) is 17.3. The van der Waals surface area contributed by atoms with E-state index in [-0.39, 0.29) is 0 Å². The number of primary amides is 1. The number of rotatable bonds is 3. The first-order valence-corrected chi connectivity index (χ1v) is 5.39. The maximum Gasteiger partial charge on any atom is 0.248 e. The molecule has 84 valence electrons. The summed E-state index contributed by atoms with van der Waals surface area (Å²) in [5.41, 5.74) is 7.89. The number of benzene rings is 2. The Hall–Kier alpha value is -2.35. The van der Waals surface area contributed by atoms with Gasteiger partial charge < -0.3 is 5.73 Å². The van der Waals surface area contributed by atoms with Gasteiger partial charge >= 0.3 is 0 Å². The summed E-state index contributed by atoms with van der Waals surface area (Å²) >= 11 is 0. The van der Waals surface area contributed by atoms with E-state index in [1.54, 1.807) is 12.1 Å². The summed E-state index contributed by atoms with van der Waals surface area (Å²) in [5.74, 6) is -0.399. The minimum Gasteiger partial charge on any atom is -0.366 e. The molecule has 0 aromatic heterocycles. The van der Waals surface area contributed by atoms with Crippen molar-refractivity contribution in [3.05, 3.63) is 71.3 Å². The fourth-order valence-electron chi connectivity index (χ4n) is 1.52. The second-order valence-corrected chi connectivity index (χ2v) is 3.73. The topological polar surface area (TPSA) is 43.1 Å². The number of carbonyl (C=O) groups excluding carboxylic acids is 1. The lowest BCUT2D eigenvalue weighted by atomic mass is 10.1. The van der Waals surface area contributed by atoms with Crippen LogP contribution in [0.5, 0.6) is 0 Å². The van der Waals surface area contributed by atoms with E-state index in [1.807, 2.05) is 54.6 Å². The highest BCUT2D eigenvalue weighted by Crippen LogP contribution is 2.09. The summed E-state index contributed by atoms with van der Waals surface area (Å²) in [7, 11) is 0. The molecule has 0 aliphatic rings. The van der Waals surface area contributed by atoms with Gasteiger partial charge in [0, 0.05) is 5.56 Å². The van der Waals surface area contributed by atoms with Crippen LogP contribution in [0.2, 0.25) is 0 Å². The Morgan fingerprint density at radius 1 is 0.824 bits per heavy atom. The molecule has 17 heavy (non-hydrogen) atoms. The Kier molecular flexibility index (Phi) is 3.36. The molecule has 0 heterocycles. The second kappa shape index (κ2) is 5.12. The molecule has 1 amide bonds. The summed E-state index contributed by atoms with van der Waals surface area (Å²) in [5, 5.41) is 0. The number of hydrogen-bond donors (Lipinski definition) is 1. The van der Waals surface area contributed by atoms with Gasteiger partial charge in [-0.3, -0.25) is 4.79 Å². The van der Waals surface area contributed by atoms with Crippen LogP contribution in [-0.2, 0) is 0 Å². The average Bonchev–Trinajstić information content (AvgIpc) is 2.38. The van der Waals surface area contributed by atoms with Gasteiger partial charge in [0.05, 0.1) is 0 Å². The molecule has 0 spiro atoms. The van der Waals surface area contributed by atoms with E-state index in [9.17, 15) is 4.79 Å². The van der Waals surface area contributed by atoms with Gasteiger partial charge in [0.1, 0.15) is 0 Å². The molecule has 0 radical (unpaired) electrons. The van der Waals surface area contributed by atoms with Crippen molar-refractivity contribution < 1.29 is 4.79 Å². The fourth-order valence-corrected chi connectivity index (χ4v) is 1.52. The Morgan fingerprint density at radius 2 is 1.35 bits per heavy atom. The Bertz CT molecular complexity index is 527. The van der Waals surface area contributed by atoms with Crippen LogP contribution in [0.15, 0.2) is 54.6 Å². The number of carbonyl (C=O) groups is 1. The first-order valence-electron chi connectivity index (χ1n) is 5.39. The molecule has 2 heteroatoms. The molecule has 0 fully saturated rings. The van der Waals surface area contributed by atoms with Crippen molar-refractivity contribution in [2.45, 2.75) is 0 Å². The highest BCUT2D eigenvalue weighted by molar-refractivity contribution is 5.93. The van der Waals surface area contributed by atoms with Crippen LogP contribution in [0, 0.1) is 0 Å². The van der Waals surface area contributed by atoms with Gasteiger partial charge in [0.15, 0.2) is 0 Å². The quantitative estimate of drug-likeness (QED) is 0.799. The number of hydrogen-bond acceptors (Lipinski definition) is 1. The van der Waals surface area contributed by atoms with E-state index in [1.165, 1.54) is 0 Å². The SMILES string of the molecule is NC(=O)c1ccc(/C=C/c2ccccc2)cc1. The van der Waals surface area contributed by atoms with Crippen molar-refractivity contribution in [3.8, 4) is 0 Å². The minimum atomic E-state index is -0.399. The first-order chi connectivity index (χ1) is 8.25. The molecule has 2 aromatic rings. The molecule has 0 unspecified atom stereocenters. The summed E-state index contributed by atoms with van der Waals surface area (Å²) in [6.07, 6.45) is 4.03. The van der Waals surface area contributed by atoms with Gasteiger partial charge in [-0.05, 0) is 23.3 Å². The lowest BCUT2D eigenvalue weighted by Crippen LogP contribution is -2.10. The zero-order valence-corrected chi connectivity index (χ0v) is 9.34. The molecule has 2 aromatic carbocycles. The maximum absolute atomic E-state index is 10.9. The normalized spacial score (nSPS) is 10.6. The van der Waals surface area contributed by atoms with Crippen LogP contribution < -0.4 is 5.73 Å². The van der Waals surface area contributed by atoms with E-state index in [0.29, 0.717) is 5.56 Å². The van der Waals surface area contributed by atoms with Crippen molar-refractivity contribution in [1.82, 2.24) is 0 Å².